The number of H-pyrrole nitrogens is 1. The third-order valence-electron chi connectivity index (χ3n) is 8.41. The topological polar surface area (TPSA) is 94.7 Å². The minimum absolute atomic E-state index is 0.277. The number of nitrogens with zero attached hydrogens (tertiary/aromatic N) is 2. The van der Waals surface area contributed by atoms with Gasteiger partial charge in [0.05, 0.1) is 18.4 Å². The van der Waals surface area contributed by atoms with Crippen LogP contribution < -0.4 is 15.0 Å². The van der Waals surface area contributed by atoms with Crippen molar-refractivity contribution in [2.75, 3.05) is 18.6 Å². The monoisotopic (exact) mass is 570 g/mol. The molecule has 7 rings (SSSR count). The van der Waals surface area contributed by atoms with Gasteiger partial charge in [0.2, 0.25) is 0 Å². The number of ether oxygens (including phenoxy) is 1. The predicted octanol–water partition coefficient (Wildman–Crippen LogP) is 5.63. The lowest BCUT2D eigenvalue weighted by Crippen LogP contribution is -2.44. The highest BCUT2D eigenvalue weighted by atomic mass is 16.5. The molecule has 1 fully saturated rings. The van der Waals surface area contributed by atoms with Crippen LogP contribution in [0.15, 0.2) is 103 Å². The van der Waals surface area contributed by atoms with Gasteiger partial charge in [0.1, 0.15) is 17.8 Å². The van der Waals surface area contributed by atoms with Gasteiger partial charge in [0.15, 0.2) is 0 Å². The molecule has 214 valence electrons. The van der Waals surface area contributed by atoms with E-state index < -0.39 is 18.1 Å². The van der Waals surface area contributed by atoms with Crippen LogP contribution in [0.5, 0.6) is 5.75 Å². The third kappa shape index (κ3) is 4.52. The normalized spacial score (nSPS) is 17.6. The summed E-state index contributed by atoms with van der Waals surface area (Å²) in [5.41, 5.74) is 5.46. The van der Waals surface area contributed by atoms with Gasteiger partial charge in [-0.15, -0.1) is 0 Å². The molecule has 8 heteroatoms. The van der Waals surface area contributed by atoms with E-state index in [0.717, 1.165) is 39.0 Å². The molecule has 0 bridgehead atoms. The molecule has 4 aromatic carbocycles. The number of carbonyl (C=O) groups is 3. The van der Waals surface area contributed by atoms with Crippen LogP contribution in [0, 0.1) is 0 Å². The van der Waals surface area contributed by atoms with Gasteiger partial charge in [-0.25, -0.2) is 9.69 Å². The molecule has 2 N–H and O–H groups in total. The van der Waals surface area contributed by atoms with Gasteiger partial charge < -0.3 is 15.0 Å². The van der Waals surface area contributed by atoms with Gasteiger partial charge in [-0.3, -0.25) is 14.5 Å². The summed E-state index contributed by atoms with van der Waals surface area (Å²) < 4.78 is 5.21. The van der Waals surface area contributed by atoms with Crippen LogP contribution in [-0.4, -0.2) is 47.4 Å². The number of nitrogens with one attached hydrogen (secondary N) is 2. The molecule has 0 spiro atoms. The van der Waals surface area contributed by atoms with Gasteiger partial charge in [-0.2, -0.15) is 0 Å². The van der Waals surface area contributed by atoms with E-state index in [9.17, 15) is 14.4 Å². The number of fused-ring (bicyclic) bond motifs is 4. The number of anilines is 1. The SMILES string of the molecule is COc1ccc(CCNC(=O)c2ccccc2N2C(=O)[C@@H]3Cc4c([nH]c5ccccc45)[C@@H](c4ccccc4)N3C2=O)cc1. The Hall–Kier alpha value is -5.37. The summed E-state index contributed by atoms with van der Waals surface area (Å²) in [5.74, 6) is 0.0960. The van der Waals surface area contributed by atoms with E-state index in [2.05, 4.69) is 10.3 Å². The fourth-order valence-corrected chi connectivity index (χ4v) is 6.35. The molecule has 0 saturated carbocycles. The van der Waals surface area contributed by atoms with Crippen molar-refractivity contribution in [3.8, 4) is 5.75 Å². The minimum Gasteiger partial charge on any atom is -0.497 e. The fourth-order valence-electron chi connectivity index (χ4n) is 6.35. The first-order valence-corrected chi connectivity index (χ1v) is 14.4. The van der Waals surface area contributed by atoms with E-state index in [-0.39, 0.29) is 23.1 Å². The number of hydrogen-bond donors (Lipinski definition) is 2. The standard InChI is InChI=1S/C35H30N4O4/c1-43-24-17-15-22(16-18-24)19-20-36-33(40)26-12-6-8-14-29(26)39-34(41)30-21-27-25-11-5-7-13-28(25)37-31(27)32(38(30)35(39)42)23-9-3-2-4-10-23/h2-18,30,32,37H,19-21H2,1H3,(H,36,40)/t30-,32+/m0/s1. The Kier molecular flexibility index (Phi) is 6.66. The second-order valence-corrected chi connectivity index (χ2v) is 10.8. The number of methoxy groups -OCH3 is 1. The van der Waals surface area contributed by atoms with E-state index in [0.29, 0.717) is 19.4 Å². The average molecular weight is 571 g/mol. The van der Waals surface area contributed by atoms with Gasteiger partial charge in [0, 0.05) is 29.6 Å². The van der Waals surface area contributed by atoms with Crippen molar-refractivity contribution < 1.29 is 19.1 Å². The molecule has 0 radical (unpaired) electrons. The molecule has 2 aliphatic heterocycles. The van der Waals surface area contributed by atoms with Crippen LogP contribution in [0.4, 0.5) is 10.5 Å². The van der Waals surface area contributed by atoms with Gasteiger partial charge in [0.25, 0.3) is 11.8 Å². The Morgan fingerprint density at radius 2 is 1.63 bits per heavy atom. The van der Waals surface area contributed by atoms with Crippen molar-refractivity contribution in [1.29, 1.82) is 0 Å². The van der Waals surface area contributed by atoms with Crippen LogP contribution in [0.1, 0.15) is 38.8 Å². The minimum atomic E-state index is -0.699. The zero-order valence-corrected chi connectivity index (χ0v) is 23.6. The zero-order chi connectivity index (χ0) is 29.5. The highest BCUT2D eigenvalue weighted by Crippen LogP contribution is 2.45. The van der Waals surface area contributed by atoms with Crippen molar-refractivity contribution in [1.82, 2.24) is 15.2 Å². The summed E-state index contributed by atoms with van der Waals surface area (Å²) in [6, 6.07) is 30.7. The van der Waals surface area contributed by atoms with E-state index in [1.807, 2.05) is 78.9 Å². The van der Waals surface area contributed by atoms with Crippen molar-refractivity contribution in [2.45, 2.75) is 24.9 Å². The number of aromatic amines is 1. The Morgan fingerprint density at radius 3 is 2.42 bits per heavy atom. The third-order valence-corrected chi connectivity index (χ3v) is 8.41. The first-order valence-electron chi connectivity index (χ1n) is 14.4. The fraction of sp³-hybridized carbons (Fsp3) is 0.171. The van der Waals surface area contributed by atoms with E-state index in [4.69, 9.17) is 4.74 Å². The molecule has 5 aromatic rings. The number of carbonyl (C=O) groups excluding carboxylic acids is 3. The van der Waals surface area contributed by atoms with E-state index in [1.54, 1.807) is 36.3 Å². The maximum atomic E-state index is 14.3. The molecule has 43 heavy (non-hydrogen) atoms. The molecule has 8 nitrogen and oxygen atoms in total. The zero-order valence-electron chi connectivity index (χ0n) is 23.6. The summed E-state index contributed by atoms with van der Waals surface area (Å²) in [7, 11) is 1.62. The molecular formula is C35H30N4O4. The van der Waals surface area contributed by atoms with Crippen LogP contribution in [-0.2, 0) is 17.6 Å². The molecule has 0 aliphatic carbocycles. The van der Waals surface area contributed by atoms with Gasteiger partial charge in [-0.1, -0.05) is 72.8 Å². The number of hydrogen-bond acceptors (Lipinski definition) is 4. The highest BCUT2D eigenvalue weighted by Gasteiger charge is 2.53. The van der Waals surface area contributed by atoms with Crippen LogP contribution in [0.25, 0.3) is 10.9 Å². The smallest absolute Gasteiger partial charge is 0.332 e. The molecule has 3 heterocycles. The molecule has 2 aliphatic rings. The number of imide groups is 1. The lowest BCUT2D eigenvalue weighted by molar-refractivity contribution is -0.120. The lowest BCUT2D eigenvalue weighted by atomic mass is 9.89. The van der Waals surface area contributed by atoms with E-state index in [1.165, 1.54) is 4.90 Å². The molecule has 4 amide bonds. The highest BCUT2D eigenvalue weighted by molar-refractivity contribution is 6.24. The van der Waals surface area contributed by atoms with Crippen LogP contribution >= 0.6 is 0 Å². The van der Waals surface area contributed by atoms with E-state index >= 15 is 0 Å². The Labute approximate surface area is 248 Å². The summed E-state index contributed by atoms with van der Waals surface area (Å²) >= 11 is 0. The Morgan fingerprint density at radius 1 is 0.907 bits per heavy atom. The van der Waals surface area contributed by atoms with Crippen molar-refractivity contribution >= 4 is 34.4 Å². The number of benzene rings is 4. The van der Waals surface area contributed by atoms with Gasteiger partial charge >= 0.3 is 6.03 Å². The number of rotatable bonds is 7. The first kappa shape index (κ1) is 26.5. The summed E-state index contributed by atoms with van der Waals surface area (Å²) in [6.07, 6.45) is 1.01. The lowest BCUT2D eigenvalue weighted by Gasteiger charge is -2.36. The van der Waals surface area contributed by atoms with Crippen molar-refractivity contribution in [2.24, 2.45) is 0 Å². The van der Waals surface area contributed by atoms with Crippen molar-refractivity contribution in [3.05, 3.63) is 131 Å². The maximum Gasteiger partial charge on any atom is 0.332 e. The summed E-state index contributed by atoms with van der Waals surface area (Å²) in [5, 5.41) is 4.01. The maximum absolute atomic E-state index is 14.3. The number of para-hydroxylation sites is 2. The first-order chi connectivity index (χ1) is 21.0. The number of amides is 4. The second kappa shape index (κ2) is 10.8. The molecular weight excluding hydrogens is 540 g/mol. The molecule has 1 aromatic heterocycles. The largest absolute Gasteiger partial charge is 0.497 e. The van der Waals surface area contributed by atoms with Crippen molar-refractivity contribution in [3.63, 3.8) is 0 Å². The second-order valence-electron chi connectivity index (χ2n) is 10.8. The van der Waals surface area contributed by atoms with Crippen LogP contribution in [0.3, 0.4) is 0 Å². The Bertz CT molecular complexity index is 1850. The number of urea groups is 1. The Balaban J connectivity index is 1.20. The quantitative estimate of drug-likeness (QED) is 0.248. The van der Waals surface area contributed by atoms with Gasteiger partial charge in [-0.05, 0) is 53.4 Å². The summed E-state index contributed by atoms with van der Waals surface area (Å²) in [6.45, 7) is 0.397. The van der Waals surface area contributed by atoms with Crippen LogP contribution in [0.2, 0.25) is 0 Å². The average Bonchev–Trinajstić information content (AvgIpc) is 3.54. The summed E-state index contributed by atoms with van der Waals surface area (Å²) in [4.78, 5) is 48.2. The molecule has 2 atom stereocenters. The molecule has 1 saturated heterocycles. The molecule has 0 unspecified atom stereocenters. The predicted molar refractivity (Wildman–Crippen MR) is 164 cm³/mol. The number of aromatic nitrogens is 1.